The average Bonchev–Trinajstić information content (AvgIpc) is 3.10. The molecule has 0 aliphatic rings. The first-order chi connectivity index (χ1) is 9.33. The normalized spacial score (nSPS) is 10.3. The number of thiazole rings is 1. The van der Waals surface area contributed by atoms with Crippen LogP contribution in [0.15, 0.2) is 42.2 Å². The van der Waals surface area contributed by atoms with Crippen molar-refractivity contribution in [3.63, 3.8) is 0 Å². The molecule has 0 radical (unpaired) electrons. The van der Waals surface area contributed by atoms with Crippen molar-refractivity contribution >= 4 is 22.4 Å². The highest BCUT2D eigenvalue weighted by Crippen LogP contribution is 2.17. The Labute approximate surface area is 112 Å². The van der Waals surface area contributed by atoms with Gasteiger partial charge in [0.2, 0.25) is 0 Å². The second kappa shape index (κ2) is 4.99. The number of hydrogen-bond donors (Lipinski definition) is 2. The lowest BCUT2D eigenvalue weighted by Crippen LogP contribution is -2.11. The molecule has 3 rings (SSSR count). The molecule has 0 atom stereocenters. The van der Waals surface area contributed by atoms with Gasteiger partial charge < -0.3 is 0 Å². The van der Waals surface area contributed by atoms with E-state index >= 15 is 0 Å². The van der Waals surface area contributed by atoms with Gasteiger partial charge in [0.15, 0.2) is 5.13 Å². The van der Waals surface area contributed by atoms with Gasteiger partial charge in [0.1, 0.15) is 5.69 Å². The van der Waals surface area contributed by atoms with Gasteiger partial charge in [-0.25, -0.2) is 4.98 Å². The molecule has 0 saturated heterocycles. The fraction of sp³-hybridized carbons (Fsp3) is 0. The van der Waals surface area contributed by atoms with E-state index in [1.807, 2.05) is 12.1 Å². The van der Waals surface area contributed by atoms with Crippen LogP contribution in [0.4, 0.5) is 5.13 Å². The smallest absolute Gasteiger partial charge is 0.275 e. The van der Waals surface area contributed by atoms with Crippen LogP contribution in [-0.2, 0) is 0 Å². The number of nitrogens with one attached hydrogen (secondary N) is 2. The van der Waals surface area contributed by atoms with E-state index in [-0.39, 0.29) is 5.91 Å². The van der Waals surface area contributed by atoms with Gasteiger partial charge in [-0.2, -0.15) is 5.10 Å². The second-order valence-electron chi connectivity index (χ2n) is 3.70. The minimum absolute atomic E-state index is 0.266. The molecule has 7 heteroatoms. The molecule has 0 aliphatic carbocycles. The topological polar surface area (TPSA) is 83.6 Å². The predicted molar refractivity (Wildman–Crippen MR) is 71.9 cm³/mol. The van der Waals surface area contributed by atoms with E-state index in [9.17, 15) is 4.79 Å². The van der Waals surface area contributed by atoms with Gasteiger partial charge in [0.05, 0.1) is 5.69 Å². The van der Waals surface area contributed by atoms with Gasteiger partial charge in [-0.15, -0.1) is 11.3 Å². The fourth-order valence-electron chi connectivity index (χ4n) is 1.55. The quantitative estimate of drug-likeness (QED) is 0.764. The lowest BCUT2D eigenvalue weighted by Gasteiger charge is -1.96. The van der Waals surface area contributed by atoms with Crippen molar-refractivity contribution in [2.24, 2.45) is 0 Å². The third-order valence-electron chi connectivity index (χ3n) is 2.43. The molecule has 0 saturated carbocycles. The summed E-state index contributed by atoms with van der Waals surface area (Å²) in [6.07, 6.45) is 5.01. The van der Waals surface area contributed by atoms with Crippen LogP contribution in [0.1, 0.15) is 10.5 Å². The fourth-order valence-corrected chi connectivity index (χ4v) is 2.07. The average molecular weight is 271 g/mol. The Balaban J connectivity index is 1.80. The third-order valence-corrected chi connectivity index (χ3v) is 3.12. The number of H-pyrrole nitrogens is 1. The maximum atomic E-state index is 11.9. The van der Waals surface area contributed by atoms with Crippen LogP contribution in [-0.4, -0.2) is 26.1 Å². The minimum atomic E-state index is -0.266. The maximum absolute atomic E-state index is 11.9. The molecule has 0 aliphatic heterocycles. The Morgan fingerprint density at radius 3 is 3.05 bits per heavy atom. The van der Waals surface area contributed by atoms with Crippen molar-refractivity contribution in [1.29, 1.82) is 0 Å². The second-order valence-corrected chi connectivity index (χ2v) is 4.59. The molecule has 3 aromatic heterocycles. The summed E-state index contributed by atoms with van der Waals surface area (Å²) in [4.78, 5) is 19.9. The summed E-state index contributed by atoms with van der Waals surface area (Å²) in [6, 6.07) is 5.38. The van der Waals surface area contributed by atoms with Crippen LogP contribution >= 0.6 is 11.3 Å². The standard InChI is InChI=1S/C12H9N5OS/c18-11(15-12-14-4-5-19-12)10-6-9(16-17-10)8-2-1-3-13-7-8/h1-7H,(H,16,17)(H,14,15,18). The summed E-state index contributed by atoms with van der Waals surface area (Å²) in [5.74, 6) is -0.266. The number of hydrogen-bond acceptors (Lipinski definition) is 5. The van der Waals surface area contributed by atoms with Crippen LogP contribution in [0, 0.1) is 0 Å². The molecular weight excluding hydrogens is 262 g/mol. The van der Waals surface area contributed by atoms with Crippen molar-refractivity contribution in [3.05, 3.63) is 47.9 Å². The number of nitrogens with zero attached hydrogens (tertiary/aromatic N) is 3. The minimum Gasteiger partial charge on any atom is -0.297 e. The monoisotopic (exact) mass is 271 g/mol. The molecule has 3 aromatic rings. The number of aromatic amines is 1. The van der Waals surface area contributed by atoms with Crippen LogP contribution in [0.25, 0.3) is 11.3 Å². The number of carbonyl (C=O) groups excluding carboxylic acids is 1. The van der Waals surface area contributed by atoms with E-state index in [1.165, 1.54) is 11.3 Å². The van der Waals surface area contributed by atoms with Gasteiger partial charge in [-0.05, 0) is 18.2 Å². The highest BCUT2D eigenvalue weighted by molar-refractivity contribution is 7.13. The number of aromatic nitrogens is 4. The van der Waals surface area contributed by atoms with Crippen molar-refractivity contribution in [3.8, 4) is 11.3 Å². The van der Waals surface area contributed by atoms with E-state index in [4.69, 9.17) is 0 Å². The summed E-state index contributed by atoms with van der Waals surface area (Å²) in [5, 5.41) is 11.8. The highest BCUT2D eigenvalue weighted by Gasteiger charge is 2.12. The van der Waals surface area contributed by atoms with E-state index < -0.39 is 0 Å². The third kappa shape index (κ3) is 2.50. The van der Waals surface area contributed by atoms with Gasteiger partial charge >= 0.3 is 0 Å². The lowest BCUT2D eigenvalue weighted by atomic mass is 10.2. The van der Waals surface area contributed by atoms with E-state index in [0.717, 1.165) is 5.56 Å². The Hall–Kier alpha value is -2.54. The zero-order chi connectivity index (χ0) is 13.1. The van der Waals surface area contributed by atoms with E-state index in [2.05, 4.69) is 25.5 Å². The zero-order valence-electron chi connectivity index (χ0n) is 9.70. The zero-order valence-corrected chi connectivity index (χ0v) is 10.5. The van der Waals surface area contributed by atoms with Crippen LogP contribution in [0.5, 0.6) is 0 Å². The first-order valence-electron chi connectivity index (χ1n) is 5.49. The number of pyridine rings is 1. The van der Waals surface area contributed by atoms with Crippen LogP contribution < -0.4 is 5.32 Å². The molecule has 6 nitrogen and oxygen atoms in total. The van der Waals surface area contributed by atoms with E-state index in [0.29, 0.717) is 16.5 Å². The van der Waals surface area contributed by atoms with Crippen LogP contribution in [0.2, 0.25) is 0 Å². The molecule has 19 heavy (non-hydrogen) atoms. The SMILES string of the molecule is O=C(Nc1nccs1)c1cc(-c2cccnc2)n[nH]1. The number of anilines is 1. The molecule has 1 amide bonds. The Kier molecular flexibility index (Phi) is 3.03. The summed E-state index contributed by atoms with van der Waals surface area (Å²) in [7, 11) is 0. The molecule has 0 unspecified atom stereocenters. The van der Waals surface area contributed by atoms with Crippen molar-refractivity contribution < 1.29 is 4.79 Å². The van der Waals surface area contributed by atoms with Gasteiger partial charge in [0.25, 0.3) is 5.91 Å². The molecule has 0 aromatic carbocycles. The first-order valence-corrected chi connectivity index (χ1v) is 6.37. The molecule has 0 bridgehead atoms. The summed E-state index contributed by atoms with van der Waals surface area (Å²) in [6.45, 7) is 0. The molecule has 3 heterocycles. The molecule has 0 spiro atoms. The van der Waals surface area contributed by atoms with Crippen LogP contribution in [0.3, 0.4) is 0 Å². The van der Waals surface area contributed by atoms with Crippen molar-refractivity contribution in [2.45, 2.75) is 0 Å². The lowest BCUT2D eigenvalue weighted by molar-refractivity contribution is 0.102. The number of amides is 1. The first kappa shape index (κ1) is 11.5. The molecule has 0 fully saturated rings. The molecular formula is C12H9N5OS. The van der Waals surface area contributed by atoms with Crippen molar-refractivity contribution in [1.82, 2.24) is 20.2 Å². The van der Waals surface area contributed by atoms with Crippen molar-refractivity contribution in [2.75, 3.05) is 5.32 Å². The Bertz CT molecular complexity index is 677. The Morgan fingerprint density at radius 2 is 2.32 bits per heavy atom. The summed E-state index contributed by atoms with van der Waals surface area (Å²) >= 11 is 1.36. The summed E-state index contributed by atoms with van der Waals surface area (Å²) < 4.78 is 0. The Morgan fingerprint density at radius 1 is 1.37 bits per heavy atom. The highest BCUT2D eigenvalue weighted by atomic mass is 32.1. The number of carbonyl (C=O) groups is 1. The molecule has 94 valence electrons. The largest absolute Gasteiger partial charge is 0.297 e. The number of rotatable bonds is 3. The maximum Gasteiger partial charge on any atom is 0.275 e. The van der Waals surface area contributed by atoms with Gasteiger partial charge in [-0.1, -0.05) is 0 Å². The van der Waals surface area contributed by atoms with Gasteiger partial charge in [0, 0.05) is 29.5 Å². The van der Waals surface area contributed by atoms with E-state index in [1.54, 1.807) is 30.0 Å². The predicted octanol–water partition coefficient (Wildman–Crippen LogP) is 2.18. The summed E-state index contributed by atoms with van der Waals surface area (Å²) in [5.41, 5.74) is 1.92. The molecule has 2 N–H and O–H groups in total. The van der Waals surface area contributed by atoms with Gasteiger partial charge in [-0.3, -0.25) is 20.2 Å².